The summed E-state index contributed by atoms with van der Waals surface area (Å²) in [6.07, 6.45) is 1.56. The predicted molar refractivity (Wildman–Crippen MR) is 56.4 cm³/mol. The fourth-order valence-corrected chi connectivity index (χ4v) is 2.90. The molecule has 15 heavy (non-hydrogen) atoms. The van der Waals surface area contributed by atoms with E-state index in [0.717, 1.165) is 6.42 Å². The summed E-state index contributed by atoms with van der Waals surface area (Å²) in [6.45, 7) is 4.13. The summed E-state index contributed by atoms with van der Waals surface area (Å²) in [5.41, 5.74) is 3.45. The topological polar surface area (TPSA) is 26.3 Å². The van der Waals surface area contributed by atoms with Gasteiger partial charge in [-0.15, -0.1) is 0 Å². The van der Waals surface area contributed by atoms with Crippen molar-refractivity contribution in [1.29, 1.82) is 0 Å². The Morgan fingerprint density at radius 1 is 1.40 bits per heavy atom. The van der Waals surface area contributed by atoms with Crippen molar-refractivity contribution < 1.29 is 9.53 Å². The number of ether oxygens (including phenoxy) is 1. The van der Waals surface area contributed by atoms with E-state index in [-0.39, 0.29) is 11.6 Å². The van der Waals surface area contributed by atoms with Gasteiger partial charge in [-0.25, -0.2) is 0 Å². The van der Waals surface area contributed by atoms with Gasteiger partial charge in [-0.1, -0.05) is 23.8 Å². The summed E-state index contributed by atoms with van der Waals surface area (Å²) in [5.74, 6) is 0.302. The van der Waals surface area contributed by atoms with Crippen LogP contribution >= 0.6 is 0 Å². The maximum absolute atomic E-state index is 11.3. The number of benzene rings is 1. The van der Waals surface area contributed by atoms with Crippen molar-refractivity contribution in [3.63, 3.8) is 0 Å². The Hall–Kier alpha value is -1.31. The lowest BCUT2D eigenvalue weighted by Gasteiger charge is -2.23. The van der Waals surface area contributed by atoms with Crippen LogP contribution < -0.4 is 0 Å². The number of carbonyl (C=O) groups is 1. The first kappa shape index (κ1) is 8.96. The van der Waals surface area contributed by atoms with Gasteiger partial charge in [0.2, 0.25) is 0 Å². The number of fused-ring (bicyclic) bond motifs is 3. The highest BCUT2D eigenvalue weighted by molar-refractivity contribution is 5.74. The minimum Gasteiger partial charge on any atom is -0.454 e. The molecule has 0 aromatic heterocycles. The minimum absolute atomic E-state index is 0.0466. The third kappa shape index (κ3) is 1.08. The molecule has 2 nitrogen and oxygen atoms in total. The highest BCUT2D eigenvalue weighted by atomic mass is 16.6. The zero-order valence-corrected chi connectivity index (χ0v) is 9.04. The SMILES string of the molecule is Cc1ccc2c(c1)[C@@]1(C)OC(=O)C[C@H]1C2. The van der Waals surface area contributed by atoms with Crippen LogP contribution in [0.1, 0.15) is 30.0 Å². The Balaban J connectivity index is 2.16. The molecule has 78 valence electrons. The van der Waals surface area contributed by atoms with Gasteiger partial charge in [0, 0.05) is 5.92 Å². The number of rotatable bonds is 0. The number of esters is 1. The molecule has 1 fully saturated rings. The van der Waals surface area contributed by atoms with Gasteiger partial charge in [-0.2, -0.15) is 0 Å². The van der Waals surface area contributed by atoms with Crippen LogP contribution in [-0.4, -0.2) is 5.97 Å². The first-order valence-corrected chi connectivity index (χ1v) is 5.41. The van der Waals surface area contributed by atoms with Crippen LogP contribution in [0.25, 0.3) is 0 Å². The molecular weight excluding hydrogens is 188 g/mol. The molecule has 0 bridgehead atoms. The van der Waals surface area contributed by atoms with Gasteiger partial charge in [0.15, 0.2) is 0 Å². The molecule has 0 radical (unpaired) electrons. The average molecular weight is 202 g/mol. The normalized spacial score (nSPS) is 32.4. The Morgan fingerprint density at radius 3 is 3.00 bits per heavy atom. The lowest BCUT2D eigenvalue weighted by molar-refractivity contribution is -0.148. The van der Waals surface area contributed by atoms with E-state index in [4.69, 9.17) is 4.74 Å². The molecule has 0 saturated carbocycles. The summed E-state index contributed by atoms with van der Waals surface area (Å²) in [6, 6.07) is 6.46. The van der Waals surface area contributed by atoms with Crippen molar-refractivity contribution in [2.24, 2.45) is 5.92 Å². The van der Waals surface area contributed by atoms with E-state index >= 15 is 0 Å². The molecule has 0 amide bonds. The molecule has 2 atom stereocenters. The highest BCUT2D eigenvalue weighted by Gasteiger charge is 2.51. The van der Waals surface area contributed by atoms with Gasteiger partial charge in [0.1, 0.15) is 5.60 Å². The highest BCUT2D eigenvalue weighted by Crippen LogP contribution is 2.50. The van der Waals surface area contributed by atoms with Crippen LogP contribution in [-0.2, 0) is 21.6 Å². The Morgan fingerprint density at radius 2 is 2.20 bits per heavy atom. The first-order valence-electron chi connectivity index (χ1n) is 5.41. The molecule has 0 spiro atoms. The Labute approximate surface area is 89.2 Å². The third-order valence-corrected chi connectivity index (χ3v) is 3.78. The third-order valence-electron chi connectivity index (χ3n) is 3.78. The summed E-state index contributed by atoms with van der Waals surface area (Å²) >= 11 is 0. The predicted octanol–water partition coefficient (Wildman–Crippen LogP) is 2.33. The molecule has 1 aromatic rings. The molecule has 1 aliphatic carbocycles. The fourth-order valence-electron chi connectivity index (χ4n) is 2.90. The molecule has 1 saturated heterocycles. The van der Waals surface area contributed by atoms with Crippen molar-refractivity contribution in [1.82, 2.24) is 0 Å². The van der Waals surface area contributed by atoms with Gasteiger partial charge >= 0.3 is 5.97 Å². The zero-order chi connectivity index (χ0) is 10.6. The summed E-state index contributed by atoms with van der Waals surface area (Å²) < 4.78 is 5.52. The second kappa shape index (κ2) is 2.63. The van der Waals surface area contributed by atoms with E-state index in [1.54, 1.807) is 0 Å². The number of hydrogen-bond donors (Lipinski definition) is 0. The van der Waals surface area contributed by atoms with E-state index in [0.29, 0.717) is 12.3 Å². The van der Waals surface area contributed by atoms with E-state index in [1.807, 2.05) is 6.92 Å². The zero-order valence-electron chi connectivity index (χ0n) is 9.04. The first-order chi connectivity index (χ1) is 7.09. The maximum atomic E-state index is 11.3. The smallest absolute Gasteiger partial charge is 0.307 e. The van der Waals surface area contributed by atoms with Crippen LogP contribution in [0, 0.1) is 12.8 Å². The molecular formula is C13H14O2. The van der Waals surface area contributed by atoms with Crippen LogP contribution in [0.2, 0.25) is 0 Å². The van der Waals surface area contributed by atoms with E-state index in [1.165, 1.54) is 16.7 Å². The average Bonchev–Trinajstić information content (AvgIpc) is 2.57. The van der Waals surface area contributed by atoms with Crippen LogP contribution in [0.4, 0.5) is 0 Å². The molecule has 0 N–H and O–H groups in total. The standard InChI is InChI=1S/C13H14O2/c1-8-3-4-9-6-10-7-12(14)15-13(10,2)11(9)5-8/h3-5,10H,6-7H2,1-2H3/t10-,13+/m1/s1. The second-order valence-corrected chi connectivity index (χ2v) is 4.85. The minimum atomic E-state index is -0.349. The van der Waals surface area contributed by atoms with Gasteiger partial charge in [-0.3, -0.25) is 4.79 Å². The van der Waals surface area contributed by atoms with Crippen molar-refractivity contribution in [2.45, 2.75) is 32.3 Å². The van der Waals surface area contributed by atoms with Crippen molar-refractivity contribution in [3.05, 3.63) is 34.9 Å². The van der Waals surface area contributed by atoms with Crippen molar-refractivity contribution in [3.8, 4) is 0 Å². The lowest BCUT2D eigenvalue weighted by atomic mass is 9.89. The monoisotopic (exact) mass is 202 g/mol. The number of carbonyl (C=O) groups excluding carboxylic acids is 1. The van der Waals surface area contributed by atoms with Crippen LogP contribution in [0.5, 0.6) is 0 Å². The van der Waals surface area contributed by atoms with Crippen molar-refractivity contribution in [2.75, 3.05) is 0 Å². The van der Waals surface area contributed by atoms with Gasteiger partial charge in [0.05, 0.1) is 6.42 Å². The van der Waals surface area contributed by atoms with Crippen molar-refractivity contribution >= 4 is 5.97 Å². The Bertz CT molecular complexity index is 450. The summed E-state index contributed by atoms with van der Waals surface area (Å²) in [4.78, 5) is 11.3. The maximum Gasteiger partial charge on any atom is 0.307 e. The lowest BCUT2D eigenvalue weighted by Crippen LogP contribution is -2.24. The quantitative estimate of drug-likeness (QED) is 0.603. The molecule has 2 aliphatic rings. The molecule has 2 heteroatoms. The van der Waals surface area contributed by atoms with E-state index in [2.05, 4.69) is 25.1 Å². The second-order valence-electron chi connectivity index (χ2n) is 4.85. The van der Waals surface area contributed by atoms with E-state index in [9.17, 15) is 4.79 Å². The van der Waals surface area contributed by atoms with E-state index < -0.39 is 0 Å². The molecule has 1 aliphatic heterocycles. The molecule has 1 heterocycles. The van der Waals surface area contributed by atoms with Crippen LogP contribution in [0.3, 0.4) is 0 Å². The number of hydrogen-bond acceptors (Lipinski definition) is 2. The van der Waals surface area contributed by atoms with Gasteiger partial charge in [-0.05, 0) is 31.4 Å². The molecule has 0 unspecified atom stereocenters. The summed E-state index contributed by atoms with van der Waals surface area (Å²) in [5, 5.41) is 0. The van der Waals surface area contributed by atoms with Gasteiger partial charge < -0.3 is 4.74 Å². The molecule has 1 aromatic carbocycles. The fraction of sp³-hybridized carbons (Fsp3) is 0.462. The Kier molecular flexibility index (Phi) is 1.57. The van der Waals surface area contributed by atoms with Gasteiger partial charge in [0.25, 0.3) is 0 Å². The number of aryl methyl sites for hydroxylation is 1. The van der Waals surface area contributed by atoms with Crippen LogP contribution in [0.15, 0.2) is 18.2 Å². The summed E-state index contributed by atoms with van der Waals surface area (Å²) in [7, 11) is 0. The largest absolute Gasteiger partial charge is 0.454 e. The molecule has 3 rings (SSSR count).